The fraction of sp³-hybridized carbons (Fsp3) is 0.778. The third kappa shape index (κ3) is 6.83. The van der Waals surface area contributed by atoms with Gasteiger partial charge in [0.05, 0.1) is 6.61 Å². The Bertz CT molecular complexity index is 387. The molecule has 0 aromatic carbocycles. The molecule has 22 heavy (non-hydrogen) atoms. The van der Waals surface area contributed by atoms with Gasteiger partial charge in [-0.25, -0.2) is 0 Å². The van der Waals surface area contributed by atoms with Crippen molar-refractivity contribution in [2.75, 3.05) is 6.61 Å². The van der Waals surface area contributed by atoms with E-state index in [-0.39, 0.29) is 0 Å². The predicted octanol–water partition coefficient (Wildman–Crippen LogP) is 4.98. The van der Waals surface area contributed by atoms with Gasteiger partial charge < -0.3 is 9.53 Å². The fourth-order valence-corrected chi connectivity index (χ4v) is 9.18. The van der Waals surface area contributed by atoms with Gasteiger partial charge in [-0.2, -0.15) is 0 Å². The van der Waals surface area contributed by atoms with Gasteiger partial charge in [-0.15, -0.1) is 5.54 Å². The van der Waals surface area contributed by atoms with Gasteiger partial charge in [0, 0.05) is 0 Å². The van der Waals surface area contributed by atoms with E-state index in [0.29, 0.717) is 23.2 Å². The molecule has 0 rings (SSSR count). The van der Waals surface area contributed by atoms with Crippen molar-refractivity contribution in [3.8, 4) is 11.5 Å². The van der Waals surface area contributed by atoms with Crippen molar-refractivity contribution < 1.29 is 9.53 Å². The summed E-state index contributed by atoms with van der Waals surface area (Å²) in [6, 6.07) is 0. The summed E-state index contributed by atoms with van der Waals surface area (Å²) in [5, 5.41) is 9.89. The van der Waals surface area contributed by atoms with Crippen LogP contribution in [-0.2, 0) is 4.43 Å². The maximum Gasteiger partial charge on any atom is 0.200 e. The van der Waals surface area contributed by atoms with Crippen molar-refractivity contribution in [3.63, 3.8) is 0 Å². The van der Waals surface area contributed by atoms with E-state index in [0.717, 1.165) is 0 Å². The minimum atomic E-state index is -1.81. The highest BCUT2D eigenvalue weighted by atomic mass is 28.4. The van der Waals surface area contributed by atoms with Crippen molar-refractivity contribution in [2.45, 2.75) is 83.9 Å². The molecule has 2 nitrogen and oxygen atoms in total. The summed E-state index contributed by atoms with van der Waals surface area (Å²) in [7, 11) is -3.23. The molecule has 0 spiro atoms. The standard InChI is InChI=1S/C18H36O2Si2/c1-15(2)22(16(3)4,17(5)6)20-13-10-11-18(19)12-14-21(7,8)9/h10-11,15-19H,13H2,1-9H3/b11-10+. The molecule has 1 atom stereocenters. The zero-order chi connectivity index (χ0) is 17.6. The zero-order valence-corrected chi connectivity index (χ0v) is 18.0. The summed E-state index contributed by atoms with van der Waals surface area (Å²) in [5.74, 6) is 2.92. The van der Waals surface area contributed by atoms with Crippen molar-refractivity contribution in [1.29, 1.82) is 0 Å². The first-order chi connectivity index (χ1) is 9.93. The van der Waals surface area contributed by atoms with E-state index in [1.165, 1.54) is 0 Å². The smallest absolute Gasteiger partial charge is 0.200 e. The molecule has 0 radical (unpaired) electrons. The lowest BCUT2D eigenvalue weighted by molar-refractivity contribution is 0.276. The maximum absolute atomic E-state index is 9.89. The van der Waals surface area contributed by atoms with Gasteiger partial charge in [-0.05, 0) is 22.7 Å². The highest BCUT2D eigenvalue weighted by molar-refractivity contribution is 6.83. The average Bonchev–Trinajstić information content (AvgIpc) is 2.34. The van der Waals surface area contributed by atoms with Crippen LogP contribution < -0.4 is 0 Å². The van der Waals surface area contributed by atoms with Gasteiger partial charge in [0.15, 0.2) is 0 Å². The second-order valence-corrected chi connectivity index (χ2v) is 18.2. The van der Waals surface area contributed by atoms with Gasteiger partial charge in [0.1, 0.15) is 14.2 Å². The molecule has 0 heterocycles. The van der Waals surface area contributed by atoms with Crippen LogP contribution in [0.15, 0.2) is 12.2 Å². The maximum atomic E-state index is 9.89. The molecule has 0 amide bonds. The van der Waals surface area contributed by atoms with Crippen molar-refractivity contribution in [1.82, 2.24) is 0 Å². The monoisotopic (exact) mass is 340 g/mol. The summed E-state index contributed by atoms with van der Waals surface area (Å²) < 4.78 is 6.41. The molecular formula is C18H36O2Si2. The zero-order valence-electron chi connectivity index (χ0n) is 16.0. The molecule has 0 aromatic heterocycles. The molecule has 0 aliphatic rings. The summed E-state index contributed by atoms with van der Waals surface area (Å²) in [4.78, 5) is 0. The quantitative estimate of drug-likeness (QED) is 0.402. The SMILES string of the molecule is CC(C)[Si](OC/C=C/C(O)C#C[Si](C)(C)C)(C(C)C)C(C)C. The predicted molar refractivity (Wildman–Crippen MR) is 103 cm³/mol. The van der Waals surface area contributed by atoms with Crippen LogP contribution in [-0.4, -0.2) is 34.2 Å². The van der Waals surface area contributed by atoms with E-state index >= 15 is 0 Å². The third-order valence-corrected chi connectivity index (χ3v) is 11.0. The fourth-order valence-electron chi connectivity index (χ4n) is 3.22. The molecule has 128 valence electrons. The second-order valence-electron chi connectivity index (χ2n) is 8.02. The Morgan fingerprint density at radius 3 is 1.77 bits per heavy atom. The van der Waals surface area contributed by atoms with Gasteiger partial charge in [0.2, 0.25) is 8.32 Å². The lowest BCUT2D eigenvalue weighted by Crippen LogP contribution is -2.47. The van der Waals surface area contributed by atoms with Crippen LogP contribution in [0.2, 0.25) is 36.3 Å². The Morgan fingerprint density at radius 1 is 0.955 bits per heavy atom. The Hall–Kier alpha value is -0.346. The summed E-state index contributed by atoms with van der Waals surface area (Å²) in [6.07, 6.45) is 3.01. The van der Waals surface area contributed by atoms with E-state index in [1.54, 1.807) is 6.08 Å². The Balaban J connectivity index is 4.76. The molecule has 0 saturated heterocycles. The third-order valence-electron chi connectivity index (χ3n) is 4.05. The van der Waals surface area contributed by atoms with Crippen molar-refractivity contribution in [2.24, 2.45) is 0 Å². The first kappa shape index (κ1) is 21.7. The minimum Gasteiger partial charge on any atom is -0.412 e. The largest absolute Gasteiger partial charge is 0.412 e. The summed E-state index contributed by atoms with van der Waals surface area (Å²) >= 11 is 0. The Morgan fingerprint density at radius 2 is 1.41 bits per heavy atom. The summed E-state index contributed by atoms with van der Waals surface area (Å²) in [6.45, 7) is 20.8. The van der Waals surface area contributed by atoms with Crippen molar-refractivity contribution >= 4 is 16.4 Å². The number of aliphatic hydroxyl groups is 1. The van der Waals surface area contributed by atoms with Crippen LogP contribution in [0, 0.1) is 11.5 Å². The minimum absolute atomic E-state index is 0.576. The van der Waals surface area contributed by atoms with Crippen LogP contribution >= 0.6 is 0 Å². The molecule has 0 aliphatic carbocycles. The van der Waals surface area contributed by atoms with Crippen molar-refractivity contribution in [3.05, 3.63) is 12.2 Å². The van der Waals surface area contributed by atoms with Gasteiger partial charge in [-0.3, -0.25) is 0 Å². The first-order valence-electron chi connectivity index (χ1n) is 8.44. The lowest BCUT2D eigenvalue weighted by Gasteiger charge is -2.41. The molecule has 1 N–H and O–H groups in total. The van der Waals surface area contributed by atoms with Crippen LogP contribution in [0.4, 0.5) is 0 Å². The lowest BCUT2D eigenvalue weighted by atomic mass is 10.3. The average molecular weight is 341 g/mol. The molecule has 4 heteroatoms. The van der Waals surface area contributed by atoms with Gasteiger partial charge >= 0.3 is 0 Å². The highest BCUT2D eigenvalue weighted by Crippen LogP contribution is 2.42. The van der Waals surface area contributed by atoms with E-state index < -0.39 is 22.5 Å². The summed E-state index contributed by atoms with van der Waals surface area (Å²) in [5.41, 5.74) is 4.93. The molecular weight excluding hydrogens is 304 g/mol. The van der Waals surface area contributed by atoms with Crippen LogP contribution in [0.1, 0.15) is 41.5 Å². The molecule has 0 bridgehead atoms. The molecule has 1 unspecified atom stereocenters. The van der Waals surface area contributed by atoms with E-state index in [2.05, 4.69) is 72.6 Å². The van der Waals surface area contributed by atoms with Gasteiger partial charge in [-0.1, -0.05) is 73.2 Å². The normalized spacial score (nSPS) is 14.8. The number of rotatable bonds is 7. The van der Waals surface area contributed by atoms with Crippen LogP contribution in [0.25, 0.3) is 0 Å². The Kier molecular flexibility index (Phi) is 8.93. The Labute approximate surface area is 140 Å². The molecule has 0 fully saturated rings. The number of hydrogen-bond acceptors (Lipinski definition) is 2. The van der Waals surface area contributed by atoms with Gasteiger partial charge in [0.25, 0.3) is 0 Å². The van der Waals surface area contributed by atoms with E-state index in [9.17, 15) is 5.11 Å². The van der Waals surface area contributed by atoms with E-state index in [4.69, 9.17) is 4.43 Å². The molecule has 0 aliphatic heterocycles. The molecule has 0 saturated carbocycles. The van der Waals surface area contributed by atoms with Crippen LogP contribution in [0.3, 0.4) is 0 Å². The first-order valence-corrected chi connectivity index (χ1v) is 14.1. The number of hydrogen-bond donors (Lipinski definition) is 1. The number of aliphatic hydroxyl groups excluding tert-OH is 1. The topological polar surface area (TPSA) is 29.5 Å². The second kappa shape index (κ2) is 9.07. The molecule has 0 aromatic rings. The highest BCUT2D eigenvalue weighted by Gasteiger charge is 2.44. The van der Waals surface area contributed by atoms with Crippen LogP contribution in [0.5, 0.6) is 0 Å². The van der Waals surface area contributed by atoms with E-state index in [1.807, 2.05) is 6.08 Å².